The van der Waals surface area contributed by atoms with Gasteiger partial charge in [-0.1, -0.05) is 0 Å². The molecule has 0 aliphatic rings. The quantitative estimate of drug-likeness (QED) is 0.574. The molecule has 0 unspecified atom stereocenters. The van der Waals surface area contributed by atoms with Crippen LogP contribution in [0.15, 0.2) is 12.4 Å². The molecule has 2 rings (SSSR count). The normalized spacial score (nSPS) is 10.1. The molecule has 0 spiro atoms. The van der Waals surface area contributed by atoms with E-state index in [9.17, 15) is 4.79 Å². The summed E-state index contributed by atoms with van der Waals surface area (Å²) in [4.78, 5) is 26.1. The summed E-state index contributed by atoms with van der Waals surface area (Å²) in [5.41, 5.74) is 11.1. The second-order valence-corrected chi connectivity index (χ2v) is 2.68. The minimum Gasteiger partial charge on any atom is -0.368 e. The summed E-state index contributed by atoms with van der Waals surface area (Å²) in [5.74, 6) is 0.307. The van der Waals surface area contributed by atoms with E-state index in [-0.39, 0.29) is 11.8 Å². The van der Waals surface area contributed by atoms with Crippen LogP contribution in [0, 0.1) is 0 Å². The molecule has 2 aromatic heterocycles. The first-order valence-electron chi connectivity index (χ1n) is 3.97. The lowest BCUT2D eigenvalue weighted by molar-refractivity contribution is 0.259. The van der Waals surface area contributed by atoms with Crippen molar-refractivity contribution in [1.82, 2.24) is 19.9 Å². The summed E-state index contributed by atoms with van der Waals surface area (Å²) in [6.07, 6.45) is 2.80. The molecule has 2 amide bonds. The fourth-order valence-electron chi connectivity index (χ4n) is 1.01. The Balaban J connectivity index is 2.49. The van der Waals surface area contributed by atoms with Crippen LogP contribution in [-0.2, 0) is 0 Å². The predicted octanol–water partition coefficient (Wildman–Crippen LogP) is -0.507. The Hall–Kier alpha value is -2.51. The number of carbonyl (C=O) groups excluding carboxylic acids is 1. The molecule has 2 heterocycles. The maximum atomic E-state index is 10.6. The molecule has 0 fully saturated rings. The zero-order valence-corrected chi connectivity index (χ0v) is 7.51. The van der Waals surface area contributed by atoms with Crippen molar-refractivity contribution in [1.29, 1.82) is 0 Å². The van der Waals surface area contributed by atoms with E-state index in [1.807, 2.05) is 0 Å². The van der Waals surface area contributed by atoms with E-state index in [0.29, 0.717) is 11.2 Å². The topological polar surface area (TPSA) is 133 Å². The monoisotopic (exact) mass is 205 g/mol. The van der Waals surface area contributed by atoms with Crippen molar-refractivity contribution in [3.8, 4) is 0 Å². The zero-order chi connectivity index (χ0) is 10.8. The summed E-state index contributed by atoms with van der Waals surface area (Å²) < 4.78 is 0. The Labute approximate surface area is 83.7 Å². The Morgan fingerprint density at radius 3 is 2.80 bits per heavy atom. The van der Waals surface area contributed by atoms with E-state index in [2.05, 4.69) is 25.3 Å². The van der Waals surface area contributed by atoms with Gasteiger partial charge in [0.1, 0.15) is 5.52 Å². The van der Waals surface area contributed by atoms with Gasteiger partial charge in [-0.3, -0.25) is 5.32 Å². The van der Waals surface area contributed by atoms with E-state index in [1.165, 1.54) is 12.4 Å². The molecule has 8 nitrogen and oxygen atoms in total. The minimum absolute atomic E-state index is 0.0908. The van der Waals surface area contributed by atoms with Crippen LogP contribution in [0.1, 0.15) is 0 Å². The van der Waals surface area contributed by atoms with Crippen molar-refractivity contribution in [3.05, 3.63) is 12.4 Å². The van der Waals surface area contributed by atoms with Crippen LogP contribution in [0.3, 0.4) is 0 Å². The number of fused-ring (bicyclic) bond motifs is 1. The molecule has 0 saturated heterocycles. The Morgan fingerprint density at radius 1 is 1.27 bits per heavy atom. The number of anilines is 2. The minimum atomic E-state index is -0.717. The van der Waals surface area contributed by atoms with Gasteiger partial charge in [-0.15, -0.1) is 0 Å². The van der Waals surface area contributed by atoms with Crippen LogP contribution in [0.2, 0.25) is 0 Å². The maximum Gasteiger partial charge on any atom is 0.317 e. The SMILES string of the molecule is NC(=O)Nc1cnc2cnc(N)nc2n1. The van der Waals surface area contributed by atoms with Gasteiger partial charge in [0.15, 0.2) is 11.5 Å². The maximum absolute atomic E-state index is 10.6. The van der Waals surface area contributed by atoms with Crippen molar-refractivity contribution in [3.63, 3.8) is 0 Å². The first-order chi connectivity index (χ1) is 7.15. The summed E-state index contributed by atoms with van der Waals surface area (Å²) in [6.45, 7) is 0. The molecule has 0 atom stereocenters. The number of nitrogen functional groups attached to an aromatic ring is 1. The van der Waals surface area contributed by atoms with E-state index in [1.54, 1.807) is 0 Å². The molecule has 76 valence electrons. The molecular formula is C7H7N7O. The number of nitrogens with zero attached hydrogens (tertiary/aromatic N) is 4. The van der Waals surface area contributed by atoms with Crippen LogP contribution in [-0.4, -0.2) is 26.0 Å². The van der Waals surface area contributed by atoms with E-state index >= 15 is 0 Å². The van der Waals surface area contributed by atoms with Gasteiger partial charge >= 0.3 is 6.03 Å². The molecular weight excluding hydrogens is 198 g/mol. The summed E-state index contributed by atoms with van der Waals surface area (Å²) in [5, 5.41) is 2.28. The fourth-order valence-corrected chi connectivity index (χ4v) is 1.01. The van der Waals surface area contributed by atoms with Gasteiger partial charge in [0.05, 0.1) is 12.4 Å². The van der Waals surface area contributed by atoms with Crippen molar-refractivity contribution >= 4 is 29.0 Å². The largest absolute Gasteiger partial charge is 0.368 e. The second kappa shape index (κ2) is 3.33. The van der Waals surface area contributed by atoms with Gasteiger partial charge < -0.3 is 11.5 Å². The highest BCUT2D eigenvalue weighted by Gasteiger charge is 2.03. The van der Waals surface area contributed by atoms with Crippen molar-refractivity contribution < 1.29 is 4.79 Å². The van der Waals surface area contributed by atoms with Gasteiger partial charge in [0, 0.05) is 0 Å². The molecule has 5 N–H and O–H groups in total. The number of primary amides is 1. The molecule has 8 heteroatoms. The highest BCUT2D eigenvalue weighted by Crippen LogP contribution is 2.09. The number of hydrogen-bond acceptors (Lipinski definition) is 6. The number of nitrogens with two attached hydrogens (primary N) is 2. The van der Waals surface area contributed by atoms with Gasteiger partial charge in [-0.25, -0.2) is 19.7 Å². The van der Waals surface area contributed by atoms with Gasteiger partial charge in [-0.05, 0) is 0 Å². The van der Waals surface area contributed by atoms with Crippen LogP contribution in [0.25, 0.3) is 11.2 Å². The zero-order valence-electron chi connectivity index (χ0n) is 7.51. The molecule has 0 aliphatic carbocycles. The molecule has 15 heavy (non-hydrogen) atoms. The number of hydrogen-bond donors (Lipinski definition) is 3. The number of urea groups is 1. The predicted molar refractivity (Wildman–Crippen MR) is 52.7 cm³/mol. The van der Waals surface area contributed by atoms with Crippen LogP contribution in [0.5, 0.6) is 0 Å². The number of carbonyl (C=O) groups is 1. The summed E-state index contributed by atoms with van der Waals surface area (Å²) >= 11 is 0. The van der Waals surface area contributed by atoms with Crippen molar-refractivity contribution in [2.24, 2.45) is 5.73 Å². The average Bonchev–Trinajstić information content (AvgIpc) is 2.16. The molecule has 0 bridgehead atoms. The number of nitrogens with one attached hydrogen (secondary N) is 1. The number of aromatic nitrogens is 4. The van der Waals surface area contributed by atoms with Gasteiger partial charge in [-0.2, -0.15) is 4.98 Å². The third-order valence-corrected chi connectivity index (χ3v) is 1.57. The summed E-state index contributed by atoms with van der Waals surface area (Å²) in [6, 6.07) is -0.717. The molecule has 0 saturated carbocycles. The molecule has 2 aromatic rings. The van der Waals surface area contributed by atoms with Crippen molar-refractivity contribution in [2.75, 3.05) is 11.1 Å². The lowest BCUT2D eigenvalue weighted by atomic mass is 10.5. The highest BCUT2D eigenvalue weighted by atomic mass is 16.2. The Kier molecular flexibility index (Phi) is 2.01. The van der Waals surface area contributed by atoms with Gasteiger partial charge in [0.2, 0.25) is 5.95 Å². The van der Waals surface area contributed by atoms with E-state index in [0.717, 1.165) is 0 Å². The third kappa shape index (κ3) is 1.88. The summed E-state index contributed by atoms with van der Waals surface area (Å²) in [7, 11) is 0. The first kappa shape index (κ1) is 9.06. The Bertz CT molecular complexity index is 526. The number of amides is 2. The molecule has 0 radical (unpaired) electrons. The van der Waals surface area contributed by atoms with Crippen LogP contribution < -0.4 is 16.8 Å². The number of rotatable bonds is 1. The van der Waals surface area contributed by atoms with Crippen LogP contribution >= 0.6 is 0 Å². The van der Waals surface area contributed by atoms with Crippen LogP contribution in [0.4, 0.5) is 16.6 Å². The Morgan fingerprint density at radius 2 is 2.07 bits per heavy atom. The standard InChI is InChI=1S/C7H7N7O/c8-6-11-1-3-5(14-6)12-4(2-10-3)13-7(9)15/h1-2H,(H5,8,9,11,12,13,14,15). The lowest BCUT2D eigenvalue weighted by Crippen LogP contribution is -2.20. The second-order valence-electron chi connectivity index (χ2n) is 2.68. The average molecular weight is 205 g/mol. The van der Waals surface area contributed by atoms with Crippen molar-refractivity contribution in [2.45, 2.75) is 0 Å². The third-order valence-electron chi connectivity index (χ3n) is 1.57. The van der Waals surface area contributed by atoms with E-state index in [4.69, 9.17) is 11.5 Å². The lowest BCUT2D eigenvalue weighted by Gasteiger charge is -2.01. The fraction of sp³-hybridized carbons (Fsp3) is 0. The highest BCUT2D eigenvalue weighted by molar-refractivity contribution is 5.87. The molecule has 0 aliphatic heterocycles. The van der Waals surface area contributed by atoms with Gasteiger partial charge in [0.25, 0.3) is 0 Å². The smallest absolute Gasteiger partial charge is 0.317 e. The first-order valence-corrected chi connectivity index (χ1v) is 3.97. The van der Waals surface area contributed by atoms with E-state index < -0.39 is 6.03 Å². The molecule has 0 aromatic carbocycles.